The van der Waals surface area contributed by atoms with E-state index in [9.17, 15) is 0 Å². The molecule has 3 N–H and O–H groups in total. The summed E-state index contributed by atoms with van der Waals surface area (Å²) in [6.45, 7) is 6.02. The quantitative estimate of drug-likeness (QED) is 0.343. The number of aryl methyl sites for hydroxylation is 1. The van der Waals surface area contributed by atoms with Gasteiger partial charge >= 0.3 is 0 Å². The normalized spacial score (nSPS) is 10.6. The van der Waals surface area contributed by atoms with Crippen molar-refractivity contribution >= 4 is 17.6 Å². The molecule has 0 bridgehead atoms. The lowest BCUT2D eigenvalue weighted by molar-refractivity contribution is 0.913. The van der Waals surface area contributed by atoms with Gasteiger partial charge in [0, 0.05) is 10.9 Å². The van der Waals surface area contributed by atoms with Crippen molar-refractivity contribution < 1.29 is 0 Å². The molecule has 5 heteroatoms. The molecule has 4 nitrogen and oxygen atoms in total. The number of nitrogens with one attached hydrogen (secondary N) is 1. The Labute approximate surface area is 87.8 Å². The molecule has 0 aliphatic heterocycles. The fraction of sp³-hybridized carbons (Fsp3) is 0.444. The predicted octanol–water partition coefficient (Wildman–Crippen LogP) is 1.57. The summed E-state index contributed by atoms with van der Waals surface area (Å²) in [7, 11) is 0. The Bertz CT molecular complexity index is 349. The highest BCUT2D eigenvalue weighted by atomic mass is 32.2. The maximum atomic E-state index is 7.29. The van der Waals surface area contributed by atoms with Crippen molar-refractivity contribution in [3.05, 3.63) is 17.5 Å². The molecule has 0 radical (unpaired) electrons. The van der Waals surface area contributed by atoms with Crippen LogP contribution in [-0.2, 0) is 0 Å². The van der Waals surface area contributed by atoms with E-state index in [-0.39, 0.29) is 5.84 Å². The first-order valence-electron chi connectivity index (χ1n) is 4.35. The molecule has 1 aromatic rings. The maximum Gasteiger partial charge on any atom is 0.188 e. The average molecular weight is 210 g/mol. The zero-order chi connectivity index (χ0) is 10.7. The van der Waals surface area contributed by atoms with Crippen LogP contribution in [0.1, 0.15) is 25.2 Å². The van der Waals surface area contributed by atoms with E-state index in [4.69, 9.17) is 11.1 Å². The van der Waals surface area contributed by atoms with Gasteiger partial charge in [0.15, 0.2) is 5.16 Å². The molecule has 0 aromatic carbocycles. The van der Waals surface area contributed by atoms with Crippen molar-refractivity contribution in [2.24, 2.45) is 5.73 Å². The highest BCUT2D eigenvalue weighted by molar-refractivity contribution is 7.99. The lowest BCUT2D eigenvalue weighted by Crippen LogP contribution is -2.14. The van der Waals surface area contributed by atoms with E-state index in [1.54, 1.807) is 17.8 Å². The third-order valence-electron chi connectivity index (χ3n) is 1.45. The van der Waals surface area contributed by atoms with E-state index < -0.39 is 0 Å². The Balaban J connectivity index is 3.01. The molecule has 0 spiro atoms. The number of nitrogen functional groups attached to an aromatic ring is 1. The van der Waals surface area contributed by atoms with Crippen LogP contribution in [0.2, 0.25) is 0 Å². The number of hydrogen-bond acceptors (Lipinski definition) is 4. The Morgan fingerprint density at radius 1 is 1.50 bits per heavy atom. The minimum absolute atomic E-state index is 0.0129. The molecule has 0 aliphatic carbocycles. The zero-order valence-corrected chi connectivity index (χ0v) is 9.35. The Morgan fingerprint density at radius 2 is 2.14 bits per heavy atom. The second kappa shape index (κ2) is 4.41. The van der Waals surface area contributed by atoms with Gasteiger partial charge < -0.3 is 5.73 Å². The van der Waals surface area contributed by atoms with Crippen LogP contribution in [0.5, 0.6) is 0 Å². The molecule has 0 aliphatic rings. The number of thioether (sulfide) groups is 1. The largest absolute Gasteiger partial charge is 0.382 e. The van der Waals surface area contributed by atoms with E-state index in [1.807, 2.05) is 6.92 Å². The fourth-order valence-electron chi connectivity index (χ4n) is 0.943. The molecule has 14 heavy (non-hydrogen) atoms. The Kier molecular flexibility index (Phi) is 3.46. The first-order chi connectivity index (χ1) is 6.49. The zero-order valence-electron chi connectivity index (χ0n) is 8.53. The van der Waals surface area contributed by atoms with Crippen LogP contribution < -0.4 is 5.73 Å². The summed E-state index contributed by atoms with van der Waals surface area (Å²) in [6.07, 6.45) is 0. The van der Waals surface area contributed by atoms with Gasteiger partial charge in [0.25, 0.3) is 0 Å². The highest BCUT2D eigenvalue weighted by Gasteiger charge is 2.06. The van der Waals surface area contributed by atoms with E-state index in [0.29, 0.717) is 16.1 Å². The first kappa shape index (κ1) is 11.0. The molecular weight excluding hydrogens is 196 g/mol. The van der Waals surface area contributed by atoms with Gasteiger partial charge in [-0.1, -0.05) is 25.6 Å². The summed E-state index contributed by atoms with van der Waals surface area (Å²) < 4.78 is 0. The second-order valence-electron chi connectivity index (χ2n) is 3.26. The minimum Gasteiger partial charge on any atom is -0.382 e. The number of aromatic nitrogens is 2. The van der Waals surface area contributed by atoms with Gasteiger partial charge in [0.05, 0.1) is 0 Å². The second-order valence-corrected chi connectivity index (χ2v) is 4.80. The standard InChI is InChI=1S/C9H14N4S/c1-5(2)14-9-12-6(3)4-7(13-9)8(10)11/h4-5H,1-3H3,(H3,10,11). The number of hydrogen-bond donors (Lipinski definition) is 2. The van der Waals surface area contributed by atoms with Crippen LogP contribution in [-0.4, -0.2) is 21.1 Å². The topological polar surface area (TPSA) is 75.7 Å². The van der Waals surface area contributed by atoms with E-state index >= 15 is 0 Å². The number of rotatable bonds is 3. The van der Waals surface area contributed by atoms with E-state index in [0.717, 1.165) is 5.69 Å². The maximum absolute atomic E-state index is 7.29. The molecule has 0 saturated carbocycles. The van der Waals surface area contributed by atoms with Gasteiger partial charge in [0.2, 0.25) is 0 Å². The van der Waals surface area contributed by atoms with Crippen LogP contribution in [0.4, 0.5) is 0 Å². The summed E-state index contributed by atoms with van der Waals surface area (Å²) in [6, 6.07) is 1.72. The van der Waals surface area contributed by atoms with Crippen LogP contribution in [0.15, 0.2) is 11.2 Å². The fourth-order valence-corrected chi connectivity index (χ4v) is 1.71. The van der Waals surface area contributed by atoms with E-state index in [2.05, 4.69) is 23.8 Å². The number of amidine groups is 1. The molecule has 0 atom stereocenters. The first-order valence-corrected chi connectivity index (χ1v) is 5.23. The molecule has 0 amide bonds. The third kappa shape index (κ3) is 2.99. The van der Waals surface area contributed by atoms with Crippen LogP contribution in [0.25, 0.3) is 0 Å². The van der Waals surface area contributed by atoms with Gasteiger partial charge in [-0.25, -0.2) is 9.97 Å². The van der Waals surface area contributed by atoms with Crippen LogP contribution in [0, 0.1) is 12.3 Å². The molecule has 1 aromatic heterocycles. The smallest absolute Gasteiger partial charge is 0.188 e. The van der Waals surface area contributed by atoms with E-state index in [1.165, 1.54) is 0 Å². The van der Waals surface area contributed by atoms with Gasteiger partial charge in [0.1, 0.15) is 11.5 Å². The summed E-state index contributed by atoms with van der Waals surface area (Å²) in [5.74, 6) is -0.0129. The lowest BCUT2D eigenvalue weighted by atomic mass is 10.3. The predicted molar refractivity (Wildman–Crippen MR) is 58.8 cm³/mol. The van der Waals surface area contributed by atoms with Crippen molar-refractivity contribution in [2.75, 3.05) is 0 Å². The van der Waals surface area contributed by atoms with Crippen molar-refractivity contribution in [3.63, 3.8) is 0 Å². The average Bonchev–Trinajstić information content (AvgIpc) is 2.01. The summed E-state index contributed by atoms with van der Waals surface area (Å²) in [5, 5.41) is 8.40. The molecule has 0 saturated heterocycles. The summed E-state index contributed by atoms with van der Waals surface area (Å²) in [4.78, 5) is 8.43. The van der Waals surface area contributed by atoms with Crippen molar-refractivity contribution in [2.45, 2.75) is 31.2 Å². The van der Waals surface area contributed by atoms with Crippen LogP contribution in [0.3, 0.4) is 0 Å². The van der Waals surface area contributed by atoms with Gasteiger partial charge in [-0.15, -0.1) is 0 Å². The molecular formula is C9H14N4S. The minimum atomic E-state index is -0.0129. The molecule has 0 fully saturated rings. The Hall–Kier alpha value is -1.10. The lowest BCUT2D eigenvalue weighted by Gasteiger charge is -2.05. The van der Waals surface area contributed by atoms with Crippen molar-refractivity contribution in [3.8, 4) is 0 Å². The van der Waals surface area contributed by atoms with Gasteiger partial charge in [-0.3, -0.25) is 5.41 Å². The molecule has 1 rings (SSSR count). The van der Waals surface area contributed by atoms with Gasteiger partial charge in [-0.2, -0.15) is 0 Å². The molecule has 0 unspecified atom stereocenters. The Morgan fingerprint density at radius 3 is 2.64 bits per heavy atom. The number of nitrogens with two attached hydrogens (primary N) is 1. The molecule has 1 heterocycles. The summed E-state index contributed by atoms with van der Waals surface area (Å²) in [5.41, 5.74) is 6.71. The van der Waals surface area contributed by atoms with Crippen molar-refractivity contribution in [1.82, 2.24) is 9.97 Å². The number of nitrogens with zero attached hydrogens (tertiary/aromatic N) is 2. The van der Waals surface area contributed by atoms with Crippen molar-refractivity contribution in [1.29, 1.82) is 5.41 Å². The third-order valence-corrected chi connectivity index (χ3v) is 2.32. The summed E-state index contributed by atoms with van der Waals surface area (Å²) >= 11 is 1.57. The molecule has 76 valence electrons. The monoisotopic (exact) mass is 210 g/mol. The highest BCUT2D eigenvalue weighted by Crippen LogP contribution is 2.18. The van der Waals surface area contributed by atoms with Gasteiger partial charge in [-0.05, 0) is 13.0 Å². The SMILES string of the molecule is Cc1cc(C(=N)N)nc(SC(C)C)n1. The van der Waals surface area contributed by atoms with Crippen LogP contribution >= 0.6 is 11.8 Å².